The van der Waals surface area contributed by atoms with Gasteiger partial charge < -0.3 is 14.8 Å². The number of nitrogens with one attached hydrogen (secondary N) is 2. The van der Waals surface area contributed by atoms with Crippen molar-refractivity contribution in [2.45, 2.75) is 59.1 Å². The highest BCUT2D eigenvalue weighted by Gasteiger charge is 2.22. The maximum absolute atomic E-state index is 11.9. The number of hydrogen-bond acceptors (Lipinski definition) is 5. The van der Waals surface area contributed by atoms with Crippen molar-refractivity contribution in [3.05, 3.63) is 29.8 Å². The van der Waals surface area contributed by atoms with Crippen molar-refractivity contribution in [3.63, 3.8) is 0 Å². The van der Waals surface area contributed by atoms with Gasteiger partial charge in [-0.3, -0.25) is 10.1 Å². The first kappa shape index (κ1) is 21.5. The molecule has 0 aliphatic heterocycles. The SMILES string of the molecule is CC(C)c1ccccc1OCC(=O)O[C@@H](C)C(=O)NC(=O)NC(C)(C)C. The summed E-state index contributed by atoms with van der Waals surface area (Å²) < 4.78 is 10.5. The van der Waals surface area contributed by atoms with Gasteiger partial charge in [-0.15, -0.1) is 0 Å². The number of carbonyl (C=O) groups is 3. The highest BCUT2D eigenvalue weighted by atomic mass is 16.6. The summed E-state index contributed by atoms with van der Waals surface area (Å²) >= 11 is 0. The first-order chi connectivity index (χ1) is 12.0. The Morgan fingerprint density at radius 2 is 1.69 bits per heavy atom. The van der Waals surface area contributed by atoms with Crippen LogP contribution in [0.1, 0.15) is 53.0 Å². The summed E-state index contributed by atoms with van der Waals surface area (Å²) in [6.07, 6.45) is -1.11. The molecule has 144 valence electrons. The summed E-state index contributed by atoms with van der Waals surface area (Å²) in [5.41, 5.74) is 0.493. The zero-order valence-corrected chi connectivity index (χ0v) is 16.2. The van der Waals surface area contributed by atoms with Gasteiger partial charge in [0.05, 0.1) is 0 Å². The number of rotatable bonds is 6. The molecule has 0 saturated heterocycles. The fourth-order valence-electron chi connectivity index (χ4n) is 2.10. The Labute approximate surface area is 154 Å². The van der Waals surface area contributed by atoms with Crippen molar-refractivity contribution in [1.29, 1.82) is 0 Å². The van der Waals surface area contributed by atoms with Crippen LogP contribution in [0.2, 0.25) is 0 Å². The van der Waals surface area contributed by atoms with Crippen LogP contribution in [0.25, 0.3) is 0 Å². The molecular formula is C19H28N2O5. The third kappa shape index (κ3) is 7.55. The lowest BCUT2D eigenvalue weighted by Crippen LogP contribution is -2.50. The quantitative estimate of drug-likeness (QED) is 0.757. The first-order valence-electron chi connectivity index (χ1n) is 8.54. The highest BCUT2D eigenvalue weighted by molar-refractivity contribution is 5.97. The summed E-state index contributed by atoms with van der Waals surface area (Å²) in [7, 11) is 0. The maximum atomic E-state index is 11.9. The van der Waals surface area contributed by atoms with Gasteiger partial charge in [0.1, 0.15) is 5.75 Å². The van der Waals surface area contributed by atoms with Gasteiger partial charge in [-0.25, -0.2) is 9.59 Å². The van der Waals surface area contributed by atoms with E-state index in [1.165, 1.54) is 6.92 Å². The molecule has 7 heteroatoms. The third-order valence-electron chi connectivity index (χ3n) is 3.29. The molecule has 0 saturated carbocycles. The lowest BCUT2D eigenvalue weighted by atomic mass is 10.0. The minimum absolute atomic E-state index is 0.244. The van der Waals surface area contributed by atoms with Crippen molar-refractivity contribution < 1.29 is 23.9 Å². The molecule has 0 radical (unpaired) electrons. The van der Waals surface area contributed by atoms with E-state index in [4.69, 9.17) is 9.47 Å². The smallest absolute Gasteiger partial charge is 0.344 e. The number of benzene rings is 1. The van der Waals surface area contributed by atoms with E-state index >= 15 is 0 Å². The van der Waals surface area contributed by atoms with E-state index in [9.17, 15) is 14.4 Å². The van der Waals surface area contributed by atoms with Crippen LogP contribution < -0.4 is 15.4 Å². The minimum Gasteiger partial charge on any atom is -0.482 e. The summed E-state index contributed by atoms with van der Waals surface area (Å²) in [6, 6.07) is 6.77. The van der Waals surface area contributed by atoms with Gasteiger partial charge in [0, 0.05) is 5.54 Å². The fraction of sp³-hybridized carbons (Fsp3) is 0.526. The predicted octanol–water partition coefficient (Wildman–Crippen LogP) is 2.74. The van der Waals surface area contributed by atoms with Crippen LogP contribution in [0.4, 0.5) is 4.79 Å². The Morgan fingerprint density at radius 3 is 2.27 bits per heavy atom. The summed E-state index contributed by atoms with van der Waals surface area (Å²) in [4.78, 5) is 35.5. The largest absolute Gasteiger partial charge is 0.482 e. The Hall–Kier alpha value is -2.57. The number of ether oxygens (including phenoxy) is 2. The van der Waals surface area contributed by atoms with Crippen molar-refractivity contribution in [1.82, 2.24) is 10.6 Å². The third-order valence-corrected chi connectivity index (χ3v) is 3.29. The van der Waals surface area contributed by atoms with E-state index in [0.717, 1.165) is 5.56 Å². The topological polar surface area (TPSA) is 93.7 Å². The number of carbonyl (C=O) groups excluding carboxylic acids is 3. The molecule has 0 aromatic heterocycles. The molecule has 26 heavy (non-hydrogen) atoms. The van der Waals surface area contributed by atoms with Crippen LogP contribution in [-0.2, 0) is 14.3 Å². The van der Waals surface area contributed by atoms with E-state index in [0.29, 0.717) is 5.75 Å². The molecule has 0 fully saturated rings. The minimum atomic E-state index is -1.11. The Morgan fingerprint density at radius 1 is 1.08 bits per heavy atom. The van der Waals surface area contributed by atoms with E-state index in [-0.39, 0.29) is 12.5 Å². The molecule has 1 atom stereocenters. The Balaban J connectivity index is 2.50. The van der Waals surface area contributed by atoms with Gasteiger partial charge in [0.15, 0.2) is 12.7 Å². The summed E-state index contributed by atoms with van der Waals surface area (Å²) in [5.74, 6) is -0.556. The summed E-state index contributed by atoms with van der Waals surface area (Å²) in [5, 5.41) is 4.72. The van der Waals surface area contributed by atoms with Crippen molar-refractivity contribution >= 4 is 17.9 Å². The number of esters is 1. The monoisotopic (exact) mass is 364 g/mol. The first-order valence-corrected chi connectivity index (χ1v) is 8.54. The normalized spacial score (nSPS) is 12.3. The molecule has 2 N–H and O–H groups in total. The molecule has 1 aromatic rings. The lowest BCUT2D eigenvalue weighted by molar-refractivity contribution is -0.156. The molecule has 0 aliphatic carbocycles. The predicted molar refractivity (Wildman–Crippen MR) is 98.0 cm³/mol. The van der Waals surface area contributed by atoms with E-state index in [2.05, 4.69) is 10.6 Å². The zero-order chi connectivity index (χ0) is 19.9. The van der Waals surface area contributed by atoms with Gasteiger partial charge in [0.2, 0.25) is 0 Å². The molecular weight excluding hydrogens is 336 g/mol. The molecule has 0 bridgehead atoms. The maximum Gasteiger partial charge on any atom is 0.344 e. The van der Waals surface area contributed by atoms with Gasteiger partial charge in [0.25, 0.3) is 5.91 Å². The van der Waals surface area contributed by atoms with E-state index in [1.54, 1.807) is 26.8 Å². The summed E-state index contributed by atoms with van der Waals surface area (Å²) in [6.45, 7) is 10.5. The van der Waals surface area contributed by atoms with Gasteiger partial charge in [-0.05, 0) is 45.2 Å². The lowest BCUT2D eigenvalue weighted by Gasteiger charge is -2.21. The molecule has 1 aromatic carbocycles. The van der Waals surface area contributed by atoms with E-state index in [1.807, 2.05) is 32.0 Å². The highest BCUT2D eigenvalue weighted by Crippen LogP contribution is 2.25. The van der Waals surface area contributed by atoms with Crippen molar-refractivity contribution in [2.75, 3.05) is 6.61 Å². The van der Waals surface area contributed by atoms with Gasteiger partial charge in [-0.2, -0.15) is 0 Å². The number of amides is 3. The second-order valence-corrected chi connectivity index (χ2v) is 7.31. The molecule has 7 nitrogen and oxygen atoms in total. The van der Waals surface area contributed by atoms with Crippen molar-refractivity contribution in [2.24, 2.45) is 0 Å². The van der Waals surface area contributed by atoms with Gasteiger partial charge >= 0.3 is 12.0 Å². The van der Waals surface area contributed by atoms with Crippen LogP contribution in [0.15, 0.2) is 24.3 Å². The molecule has 1 rings (SSSR count). The Kier molecular flexibility index (Phi) is 7.61. The second kappa shape index (κ2) is 9.22. The average molecular weight is 364 g/mol. The van der Waals surface area contributed by atoms with Crippen LogP contribution in [-0.4, -0.2) is 36.2 Å². The second-order valence-electron chi connectivity index (χ2n) is 7.31. The number of para-hydroxylation sites is 1. The molecule has 3 amide bonds. The van der Waals surface area contributed by atoms with E-state index < -0.39 is 29.6 Å². The van der Waals surface area contributed by atoms with Crippen LogP contribution >= 0.6 is 0 Å². The van der Waals surface area contributed by atoms with Gasteiger partial charge in [-0.1, -0.05) is 32.0 Å². The molecule has 0 unspecified atom stereocenters. The van der Waals surface area contributed by atoms with Crippen LogP contribution in [0.3, 0.4) is 0 Å². The molecule has 0 heterocycles. The van der Waals surface area contributed by atoms with Crippen LogP contribution in [0.5, 0.6) is 5.75 Å². The number of urea groups is 1. The number of imide groups is 1. The van der Waals surface area contributed by atoms with Crippen molar-refractivity contribution in [3.8, 4) is 5.75 Å². The number of hydrogen-bond donors (Lipinski definition) is 2. The molecule has 0 aliphatic rings. The van der Waals surface area contributed by atoms with Crippen LogP contribution in [0, 0.1) is 0 Å². The average Bonchev–Trinajstić information content (AvgIpc) is 2.51. The molecule has 0 spiro atoms. The zero-order valence-electron chi connectivity index (χ0n) is 16.2. The fourth-order valence-corrected chi connectivity index (χ4v) is 2.10. The standard InChI is InChI=1S/C19H28N2O5/c1-12(2)14-9-7-8-10-15(14)25-11-16(22)26-13(3)17(23)20-18(24)21-19(4,5)6/h7-10,12-13H,11H2,1-6H3,(H2,20,21,23,24)/t13-/m0/s1. The Bertz CT molecular complexity index is 650.